The van der Waals surface area contributed by atoms with Crippen molar-refractivity contribution in [3.63, 3.8) is 0 Å². The van der Waals surface area contributed by atoms with Crippen LogP contribution in [0.3, 0.4) is 0 Å². The Hall–Kier alpha value is -2.80. The molecule has 2 heterocycles. The number of fused-ring (bicyclic) bond motifs is 1. The van der Waals surface area contributed by atoms with Gasteiger partial charge >= 0.3 is 6.18 Å². The van der Waals surface area contributed by atoms with Gasteiger partial charge in [-0.25, -0.2) is 4.39 Å². The fraction of sp³-hybridized carbons (Fsp3) is 0.238. The molecule has 0 bridgehead atoms. The molecule has 0 radical (unpaired) electrons. The lowest BCUT2D eigenvalue weighted by molar-refractivity contribution is -0.141. The van der Waals surface area contributed by atoms with E-state index in [-0.39, 0.29) is 17.2 Å². The minimum atomic E-state index is -4.58. The van der Waals surface area contributed by atoms with Gasteiger partial charge < -0.3 is 5.32 Å². The molecule has 1 atom stereocenters. The van der Waals surface area contributed by atoms with Crippen LogP contribution in [0.15, 0.2) is 54.6 Å². The number of rotatable bonds is 2. The van der Waals surface area contributed by atoms with Crippen molar-refractivity contribution in [2.24, 2.45) is 0 Å². The van der Waals surface area contributed by atoms with Gasteiger partial charge in [0.2, 0.25) is 0 Å². The highest BCUT2D eigenvalue weighted by Gasteiger charge is 2.33. The molecule has 1 N–H and O–H groups in total. The lowest BCUT2D eigenvalue weighted by Crippen LogP contribution is -2.13. The average Bonchev–Trinajstić information content (AvgIpc) is 2.92. The number of benzene rings is 2. The van der Waals surface area contributed by atoms with Gasteiger partial charge in [-0.15, -0.1) is 10.2 Å². The molecule has 1 unspecified atom stereocenters. The molecule has 1 aromatic heterocycles. The van der Waals surface area contributed by atoms with Gasteiger partial charge in [0.05, 0.1) is 5.69 Å². The van der Waals surface area contributed by atoms with Gasteiger partial charge in [0, 0.05) is 23.6 Å². The molecule has 1 aliphatic heterocycles. The maximum Gasteiger partial charge on any atom is 0.435 e. The van der Waals surface area contributed by atoms with Crippen molar-refractivity contribution in [2.75, 3.05) is 6.54 Å². The number of nitrogens with one attached hydrogen (secondary N) is 1. The van der Waals surface area contributed by atoms with Crippen LogP contribution in [0.25, 0.3) is 11.3 Å². The number of aromatic nitrogens is 2. The van der Waals surface area contributed by atoms with E-state index in [9.17, 15) is 13.2 Å². The molecule has 0 saturated heterocycles. The Kier molecular flexibility index (Phi) is 4.85. The van der Waals surface area contributed by atoms with Crippen LogP contribution < -0.4 is 5.32 Å². The summed E-state index contributed by atoms with van der Waals surface area (Å²) in [5, 5.41) is 10.0. The SMILES string of the molecule is Fc1c(-c2ccc(C(F)(F)F)nn2)ccc2c1CNCCC2c1ccccc1. The zero-order valence-corrected chi connectivity index (χ0v) is 14.8. The van der Waals surface area contributed by atoms with Crippen molar-refractivity contribution in [2.45, 2.75) is 25.1 Å². The summed E-state index contributed by atoms with van der Waals surface area (Å²) < 4.78 is 53.4. The lowest BCUT2D eigenvalue weighted by atomic mass is 9.85. The van der Waals surface area contributed by atoms with Crippen molar-refractivity contribution < 1.29 is 17.6 Å². The maximum absolute atomic E-state index is 15.3. The highest BCUT2D eigenvalue weighted by molar-refractivity contribution is 5.62. The summed E-state index contributed by atoms with van der Waals surface area (Å²) in [6.45, 7) is 1.09. The summed E-state index contributed by atoms with van der Waals surface area (Å²) in [6.07, 6.45) is -3.75. The predicted molar refractivity (Wildman–Crippen MR) is 97.0 cm³/mol. The fourth-order valence-corrected chi connectivity index (χ4v) is 3.61. The summed E-state index contributed by atoms with van der Waals surface area (Å²) in [4.78, 5) is 0. The summed E-state index contributed by atoms with van der Waals surface area (Å²) >= 11 is 0. The molecule has 0 amide bonds. The molecule has 0 spiro atoms. The van der Waals surface area contributed by atoms with E-state index in [4.69, 9.17) is 0 Å². The van der Waals surface area contributed by atoms with Gasteiger partial charge in [0.25, 0.3) is 0 Å². The van der Waals surface area contributed by atoms with E-state index in [0.29, 0.717) is 12.1 Å². The fourth-order valence-electron chi connectivity index (χ4n) is 3.61. The number of nitrogens with zero attached hydrogens (tertiary/aromatic N) is 2. The van der Waals surface area contributed by atoms with Crippen LogP contribution in [-0.4, -0.2) is 16.7 Å². The molecule has 0 saturated carbocycles. The Bertz CT molecular complexity index is 969. The third-order valence-corrected chi connectivity index (χ3v) is 5.00. The van der Waals surface area contributed by atoms with E-state index in [0.717, 1.165) is 36.2 Å². The molecule has 2 aromatic carbocycles. The standard InChI is InChI=1S/C21H17F4N3/c22-20-16(18-8-9-19(28-27-18)21(23,24)25)7-6-15-14(10-11-26-12-17(15)20)13-4-2-1-3-5-13/h1-9,14,26H,10-12H2. The number of halogens is 4. The second kappa shape index (κ2) is 7.31. The van der Waals surface area contributed by atoms with Gasteiger partial charge in [-0.3, -0.25) is 0 Å². The van der Waals surface area contributed by atoms with Gasteiger partial charge in [-0.2, -0.15) is 13.2 Å². The van der Waals surface area contributed by atoms with Gasteiger partial charge in [-0.05, 0) is 42.3 Å². The predicted octanol–water partition coefficient (Wildman–Crippen LogP) is 4.93. The largest absolute Gasteiger partial charge is 0.435 e. The normalized spacial score (nSPS) is 17.1. The Balaban J connectivity index is 1.76. The molecule has 0 aliphatic carbocycles. The third-order valence-electron chi connectivity index (χ3n) is 5.00. The molecule has 3 nitrogen and oxygen atoms in total. The first-order chi connectivity index (χ1) is 13.4. The summed E-state index contributed by atoms with van der Waals surface area (Å²) in [5.41, 5.74) is 1.64. The number of alkyl halides is 3. The molecular weight excluding hydrogens is 370 g/mol. The Morgan fingerprint density at radius 2 is 1.71 bits per heavy atom. The Labute approximate surface area is 159 Å². The molecule has 1 aliphatic rings. The summed E-state index contributed by atoms with van der Waals surface area (Å²) in [6, 6.07) is 15.3. The first-order valence-corrected chi connectivity index (χ1v) is 8.93. The van der Waals surface area contributed by atoms with Crippen LogP contribution in [0.4, 0.5) is 17.6 Å². The van der Waals surface area contributed by atoms with Gasteiger partial charge in [0.15, 0.2) is 5.69 Å². The molecule has 28 heavy (non-hydrogen) atoms. The van der Waals surface area contributed by atoms with Gasteiger partial charge in [0.1, 0.15) is 5.82 Å². The van der Waals surface area contributed by atoms with Crippen molar-refractivity contribution in [1.82, 2.24) is 15.5 Å². The Morgan fingerprint density at radius 3 is 2.39 bits per heavy atom. The quantitative estimate of drug-likeness (QED) is 0.634. The minimum absolute atomic E-state index is 0.0495. The van der Waals surface area contributed by atoms with Crippen LogP contribution in [0, 0.1) is 5.82 Å². The average molecular weight is 387 g/mol. The van der Waals surface area contributed by atoms with E-state index in [2.05, 4.69) is 15.5 Å². The lowest BCUT2D eigenvalue weighted by Gasteiger charge is -2.19. The molecule has 0 fully saturated rings. The number of hydrogen-bond acceptors (Lipinski definition) is 3. The molecule has 7 heteroatoms. The number of hydrogen-bond donors (Lipinski definition) is 1. The molecular formula is C21H17F4N3. The smallest absolute Gasteiger partial charge is 0.313 e. The van der Waals surface area contributed by atoms with Crippen LogP contribution >= 0.6 is 0 Å². The van der Waals surface area contributed by atoms with Crippen LogP contribution in [0.1, 0.15) is 34.7 Å². The molecule has 4 rings (SSSR count). The molecule has 144 valence electrons. The second-order valence-electron chi connectivity index (χ2n) is 6.73. The first-order valence-electron chi connectivity index (χ1n) is 8.93. The van der Waals surface area contributed by atoms with Crippen molar-refractivity contribution in [3.05, 3.63) is 82.8 Å². The minimum Gasteiger partial charge on any atom is -0.313 e. The summed E-state index contributed by atoms with van der Waals surface area (Å²) in [7, 11) is 0. The maximum atomic E-state index is 15.3. The van der Waals surface area contributed by atoms with Crippen LogP contribution in [0.5, 0.6) is 0 Å². The van der Waals surface area contributed by atoms with E-state index in [1.807, 2.05) is 36.4 Å². The van der Waals surface area contributed by atoms with E-state index in [1.54, 1.807) is 6.07 Å². The molecule has 3 aromatic rings. The second-order valence-corrected chi connectivity index (χ2v) is 6.73. The monoisotopic (exact) mass is 387 g/mol. The Morgan fingerprint density at radius 1 is 0.929 bits per heavy atom. The van der Waals surface area contributed by atoms with Crippen molar-refractivity contribution in [1.29, 1.82) is 0 Å². The summed E-state index contributed by atoms with van der Waals surface area (Å²) in [5.74, 6) is -0.421. The van der Waals surface area contributed by atoms with Gasteiger partial charge in [-0.1, -0.05) is 36.4 Å². The third kappa shape index (κ3) is 3.49. The van der Waals surface area contributed by atoms with E-state index in [1.165, 1.54) is 0 Å². The zero-order valence-electron chi connectivity index (χ0n) is 14.8. The van der Waals surface area contributed by atoms with E-state index < -0.39 is 17.7 Å². The van der Waals surface area contributed by atoms with Crippen LogP contribution in [0.2, 0.25) is 0 Å². The van der Waals surface area contributed by atoms with Crippen molar-refractivity contribution >= 4 is 0 Å². The highest BCUT2D eigenvalue weighted by Crippen LogP contribution is 2.36. The first kappa shape index (κ1) is 18.6. The zero-order chi connectivity index (χ0) is 19.7. The topological polar surface area (TPSA) is 37.8 Å². The van der Waals surface area contributed by atoms with Crippen molar-refractivity contribution in [3.8, 4) is 11.3 Å². The highest BCUT2D eigenvalue weighted by atomic mass is 19.4. The van der Waals surface area contributed by atoms with E-state index >= 15 is 4.39 Å². The van der Waals surface area contributed by atoms with Crippen LogP contribution in [-0.2, 0) is 12.7 Å².